The highest BCUT2D eigenvalue weighted by Gasteiger charge is 2.38. The van der Waals surface area contributed by atoms with E-state index in [2.05, 4.69) is 79.1 Å². The molecule has 0 unspecified atom stereocenters. The van der Waals surface area contributed by atoms with Crippen LogP contribution in [0.5, 0.6) is 0 Å². The van der Waals surface area contributed by atoms with Gasteiger partial charge in [0.05, 0.1) is 23.6 Å². The minimum atomic E-state index is -0.503. The fraction of sp³-hybridized carbons (Fsp3) is 0.0526. The molecule has 0 N–H and O–H groups in total. The Morgan fingerprint density at radius 1 is 0.406 bits per heavy atom. The minimum Gasteiger partial charge on any atom is -0.308 e. The summed E-state index contributed by atoms with van der Waals surface area (Å²) in [4.78, 5) is 30.3. The molecule has 302 valence electrons. The Hall–Kier alpha value is -8.42. The van der Waals surface area contributed by atoms with Crippen molar-refractivity contribution in [2.24, 2.45) is 0 Å². The first kappa shape index (κ1) is 32.3. The molecule has 7 heteroatoms. The third-order valence-corrected chi connectivity index (χ3v) is 12.2. The molecule has 8 aromatic carbocycles. The SMILES string of the molecule is [2H]c1c([2H])c([2H])c(-c2nc(-c3ccccc3)nc(-c3ccc(-n4c5ccccc5c5ccc6c(c54)-c4ccccc4C6(C)C)c(-c4nc(-c5ccccc5)nc(-c5ccccc5)n4)c3)n2)c([2H])c1[2H]. The molecule has 0 saturated heterocycles. The Bertz CT molecular complexity index is 3790. The van der Waals surface area contributed by atoms with Gasteiger partial charge in [0.1, 0.15) is 0 Å². The molecule has 3 aromatic heterocycles. The van der Waals surface area contributed by atoms with Crippen LogP contribution in [-0.2, 0) is 5.41 Å². The molecule has 0 atom stereocenters. The summed E-state index contributed by atoms with van der Waals surface area (Å²) < 4.78 is 45.5. The number of hydrogen-bond acceptors (Lipinski definition) is 6. The van der Waals surface area contributed by atoms with Gasteiger partial charge in [-0.2, -0.15) is 0 Å². The van der Waals surface area contributed by atoms with Crippen LogP contribution >= 0.6 is 0 Å². The molecule has 0 aliphatic heterocycles. The highest BCUT2D eigenvalue weighted by molar-refractivity contribution is 6.16. The van der Waals surface area contributed by atoms with Crippen LogP contribution in [0, 0.1) is 0 Å². The number of fused-ring (bicyclic) bond motifs is 7. The van der Waals surface area contributed by atoms with Crippen molar-refractivity contribution in [3.63, 3.8) is 0 Å². The molecule has 1 aliphatic carbocycles. The smallest absolute Gasteiger partial charge is 0.166 e. The van der Waals surface area contributed by atoms with Gasteiger partial charge in [0, 0.05) is 55.1 Å². The summed E-state index contributed by atoms with van der Waals surface area (Å²) >= 11 is 0. The van der Waals surface area contributed by atoms with Crippen LogP contribution in [0.3, 0.4) is 0 Å². The molecular weight excluding hydrogens is 783 g/mol. The number of rotatable bonds is 7. The third-order valence-electron chi connectivity index (χ3n) is 12.2. The fourth-order valence-electron chi connectivity index (χ4n) is 9.17. The zero-order chi connectivity index (χ0) is 47.1. The highest BCUT2D eigenvalue weighted by atomic mass is 15.1. The van der Waals surface area contributed by atoms with Gasteiger partial charge in [-0.25, -0.2) is 29.9 Å². The first-order valence-corrected chi connectivity index (χ1v) is 21.1. The van der Waals surface area contributed by atoms with E-state index in [1.54, 1.807) is 0 Å². The van der Waals surface area contributed by atoms with E-state index in [0.717, 1.165) is 44.2 Å². The topological polar surface area (TPSA) is 82.3 Å². The lowest BCUT2D eigenvalue weighted by Crippen LogP contribution is -2.14. The summed E-state index contributed by atoms with van der Waals surface area (Å²) in [5, 5.41) is 2.19. The zero-order valence-corrected chi connectivity index (χ0v) is 34.8. The molecule has 12 rings (SSSR count). The second kappa shape index (κ2) is 14.9. The minimum absolute atomic E-state index is 0.0568. The maximum absolute atomic E-state index is 8.92. The summed E-state index contributed by atoms with van der Waals surface area (Å²) in [6.45, 7) is 4.57. The van der Waals surface area contributed by atoms with Crippen LogP contribution in [0.25, 0.3) is 107 Å². The molecule has 0 fully saturated rings. The highest BCUT2D eigenvalue weighted by Crippen LogP contribution is 2.53. The van der Waals surface area contributed by atoms with E-state index >= 15 is 0 Å². The predicted octanol–water partition coefficient (Wildman–Crippen LogP) is 13.5. The van der Waals surface area contributed by atoms with Gasteiger partial charge in [-0.05, 0) is 41.0 Å². The van der Waals surface area contributed by atoms with Gasteiger partial charge in [0.2, 0.25) is 0 Å². The lowest BCUT2D eigenvalue weighted by molar-refractivity contribution is 0.661. The molecular formula is C57H39N7. The van der Waals surface area contributed by atoms with Crippen molar-refractivity contribution >= 4 is 21.8 Å². The summed E-state index contributed by atoms with van der Waals surface area (Å²) in [5.74, 6) is 1.82. The van der Waals surface area contributed by atoms with Crippen LogP contribution in [0.1, 0.15) is 31.8 Å². The first-order chi connectivity index (χ1) is 33.6. The van der Waals surface area contributed by atoms with Crippen LogP contribution in [-0.4, -0.2) is 34.5 Å². The second-order valence-electron chi connectivity index (χ2n) is 16.3. The molecule has 7 nitrogen and oxygen atoms in total. The summed E-state index contributed by atoms with van der Waals surface area (Å²) in [7, 11) is 0. The number of benzene rings is 8. The molecule has 0 saturated carbocycles. The molecule has 3 heterocycles. The first-order valence-electron chi connectivity index (χ1n) is 23.6. The average molecular weight is 827 g/mol. The number of para-hydroxylation sites is 1. The Balaban J connectivity index is 1.20. The second-order valence-corrected chi connectivity index (χ2v) is 16.3. The number of hydrogen-bond donors (Lipinski definition) is 0. The zero-order valence-electron chi connectivity index (χ0n) is 39.8. The lowest BCUT2D eigenvalue weighted by Gasteiger charge is -2.21. The standard InChI is InChI=1S/C57H39N7/c1-57(2)45-29-17-15-28-43(45)49-46(57)33-32-42-41-27-16-18-30-47(41)64(50(42)49)48-34-31-40(55-60-51(36-19-7-3-8-20-36)58-52(61-55)37-21-9-4-10-22-37)35-44(48)56-62-53(38-23-11-5-12-24-38)59-54(63-56)39-25-13-6-14-26-39/h3-35H,1-2H3/i3D,7D,8D,19D,20D. The quantitative estimate of drug-likeness (QED) is 0.159. The molecule has 0 amide bonds. The molecule has 0 spiro atoms. The van der Waals surface area contributed by atoms with Gasteiger partial charge in [-0.1, -0.05) is 190 Å². The Morgan fingerprint density at radius 3 is 1.55 bits per heavy atom. The van der Waals surface area contributed by atoms with Gasteiger partial charge in [0.25, 0.3) is 0 Å². The Kier molecular flexibility index (Phi) is 7.52. The maximum atomic E-state index is 8.92. The maximum Gasteiger partial charge on any atom is 0.166 e. The number of nitrogens with zero attached hydrogens (tertiary/aromatic N) is 7. The monoisotopic (exact) mass is 826 g/mol. The summed E-state index contributed by atoms with van der Waals surface area (Å²) in [6, 6.07) is 54.4. The van der Waals surface area contributed by atoms with Crippen LogP contribution < -0.4 is 0 Å². The molecule has 64 heavy (non-hydrogen) atoms. The molecule has 11 aromatic rings. The van der Waals surface area contributed by atoms with Crippen LogP contribution in [0.2, 0.25) is 0 Å². The van der Waals surface area contributed by atoms with E-state index in [4.69, 9.17) is 36.8 Å². The van der Waals surface area contributed by atoms with Crippen molar-refractivity contribution < 1.29 is 6.85 Å². The predicted molar refractivity (Wildman–Crippen MR) is 258 cm³/mol. The van der Waals surface area contributed by atoms with Gasteiger partial charge in [0.15, 0.2) is 34.9 Å². The van der Waals surface area contributed by atoms with E-state index in [1.807, 2.05) is 109 Å². The van der Waals surface area contributed by atoms with Crippen molar-refractivity contribution in [1.29, 1.82) is 0 Å². The van der Waals surface area contributed by atoms with Crippen molar-refractivity contribution in [1.82, 2.24) is 34.5 Å². The molecule has 1 aliphatic rings. The summed E-state index contributed by atoms with van der Waals surface area (Å²) in [6.07, 6.45) is 0. The van der Waals surface area contributed by atoms with Crippen molar-refractivity contribution in [2.75, 3.05) is 0 Å². The van der Waals surface area contributed by atoms with E-state index in [9.17, 15) is 0 Å². The van der Waals surface area contributed by atoms with Gasteiger partial charge >= 0.3 is 0 Å². The lowest BCUT2D eigenvalue weighted by atomic mass is 9.82. The third kappa shape index (κ3) is 6.12. The van der Waals surface area contributed by atoms with E-state index in [-0.39, 0.29) is 28.5 Å². The van der Waals surface area contributed by atoms with Gasteiger partial charge < -0.3 is 4.57 Å². The average Bonchev–Trinajstić information content (AvgIpc) is 3.86. The normalized spacial score (nSPS) is 13.8. The van der Waals surface area contributed by atoms with E-state index in [0.29, 0.717) is 34.2 Å². The van der Waals surface area contributed by atoms with Crippen molar-refractivity contribution in [3.8, 4) is 85.1 Å². The summed E-state index contributed by atoms with van der Waals surface area (Å²) in [5.41, 5.74) is 10.8. The largest absolute Gasteiger partial charge is 0.308 e. The number of aromatic nitrogens is 7. The molecule has 0 radical (unpaired) electrons. The van der Waals surface area contributed by atoms with Crippen molar-refractivity contribution in [2.45, 2.75) is 19.3 Å². The fourth-order valence-corrected chi connectivity index (χ4v) is 9.17. The van der Waals surface area contributed by atoms with Crippen LogP contribution in [0.15, 0.2) is 200 Å². The van der Waals surface area contributed by atoms with E-state index in [1.165, 1.54) is 16.7 Å². The van der Waals surface area contributed by atoms with Crippen molar-refractivity contribution in [3.05, 3.63) is 211 Å². The van der Waals surface area contributed by atoms with Crippen LogP contribution in [0.4, 0.5) is 0 Å². The molecule has 0 bridgehead atoms. The van der Waals surface area contributed by atoms with Gasteiger partial charge in [-0.3, -0.25) is 0 Å². The Labute approximate surface area is 377 Å². The van der Waals surface area contributed by atoms with E-state index < -0.39 is 30.2 Å². The van der Waals surface area contributed by atoms with Gasteiger partial charge in [-0.15, -0.1) is 0 Å². The Morgan fingerprint density at radius 2 is 0.922 bits per heavy atom.